The number of nitrogens with zero attached hydrogens (tertiary/aromatic N) is 1. The maximum atomic E-state index is 12.8. The van der Waals surface area contributed by atoms with Crippen LogP contribution in [-0.2, 0) is 14.4 Å². The molecule has 1 heterocycles. The molecule has 1 saturated carbocycles. The van der Waals surface area contributed by atoms with Crippen molar-refractivity contribution in [2.75, 3.05) is 32.4 Å². The number of imide groups is 1. The van der Waals surface area contributed by atoms with E-state index < -0.39 is 0 Å². The third-order valence-electron chi connectivity index (χ3n) is 6.83. The van der Waals surface area contributed by atoms with Gasteiger partial charge in [-0.2, -0.15) is 0 Å². The highest BCUT2D eigenvalue weighted by molar-refractivity contribution is 8.00. The van der Waals surface area contributed by atoms with Gasteiger partial charge in [-0.15, -0.1) is 11.8 Å². The molecule has 1 unspecified atom stereocenters. The number of nitrogens with one attached hydrogen (secondary N) is 2. The lowest BCUT2D eigenvalue weighted by Gasteiger charge is -2.30. The number of likely N-dealkylation sites (tertiary alicyclic amines) is 1. The summed E-state index contributed by atoms with van der Waals surface area (Å²) < 4.78 is 0. The van der Waals surface area contributed by atoms with Crippen LogP contribution in [0.2, 0.25) is 0 Å². The smallest absolute Gasteiger partial charge is 0.242 e. The molecule has 0 spiro atoms. The molecule has 0 radical (unpaired) electrons. The first-order chi connectivity index (χ1) is 15.6. The van der Waals surface area contributed by atoms with E-state index in [1.54, 1.807) is 11.8 Å². The molecule has 32 heavy (non-hydrogen) atoms. The largest absolute Gasteiger partial charge is 0.356 e. The van der Waals surface area contributed by atoms with Crippen LogP contribution in [0.4, 0.5) is 0 Å². The van der Waals surface area contributed by atoms with Gasteiger partial charge in [0.05, 0.1) is 5.25 Å². The summed E-state index contributed by atoms with van der Waals surface area (Å²) in [6.07, 6.45) is 13.4. The minimum absolute atomic E-state index is 0.00868. The van der Waals surface area contributed by atoms with Crippen LogP contribution in [0.3, 0.4) is 0 Å². The van der Waals surface area contributed by atoms with Crippen molar-refractivity contribution in [3.05, 3.63) is 0 Å². The Balaban J connectivity index is 1.62. The normalized spacial score (nSPS) is 23.7. The van der Waals surface area contributed by atoms with Gasteiger partial charge in [0, 0.05) is 25.4 Å². The van der Waals surface area contributed by atoms with Crippen LogP contribution in [0.25, 0.3) is 0 Å². The maximum absolute atomic E-state index is 12.8. The van der Waals surface area contributed by atoms with E-state index in [0.717, 1.165) is 70.2 Å². The zero-order valence-corrected chi connectivity index (χ0v) is 21.1. The van der Waals surface area contributed by atoms with Gasteiger partial charge in [-0.3, -0.25) is 19.3 Å². The Hall–Kier alpha value is -1.08. The molecule has 0 aromatic carbocycles. The van der Waals surface area contributed by atoms with Crippen molar-refractivity contribution in [1.82, 2.24) is 15.5 Å². The second kappa shape index (κ2) is 15.7. The standard InChI is InChI=1S/C25H45N3O3S/c1-3-4-5-6-9-16-27-24(30)21-13-11-20(12-14-21)19-28-23(29)18-22(25(28)31)32-17-10-7-8-15-26-2/h20-22,26H,3-19H2,1-2H3,(H,27,30). The van der Waals surface area contributed by atoms with Crippen molar-refractivity contribution >= 4 is 29.5 Å². The van der Waals surface area contributed by atoms with E-state index in [1.165, 1.54) is 30.6 Å². The van der Waals surface area contributed by atoms with Gasteiger partial charge < -0.3 is 10.6 Å². The number of rotatable bonds is 16. The van der Waals surface area contributed by atoms with E-state index >= 15 is 0 Å². The predicted molar refractivity (Wildman–Crippen MR) is 133 cm³/mol. The molecule has 0 bridgehead atoms. The molecular weight excluding hydrogens is 422 g/mol. The van der Waals surface area contributed by atoms with Crippen LogP contribution in [0.15, 0.2) is 0 Å². The first kappa shape index (κ1) is 27.2. The van der Waals surface area contributed by atoms with Gasteiger partial charge in [-0.05, 0) is 70.2 Å². The van der Waals surface area contributed by atoms with Gasteiger partial charge in [0.25, 0.3) is 0 Å². The van der Waals surface area contributed by atoms with Crippen LogP contribution in [0.1, 0.15) is 90.4 Å². The molecule has 1 saturated heterocycles. The van der Waals surface area contributed by atoms with E-state index in [1.807, 2.05) is 7.05 Å². The lowest BCUT2D eigenvalue weighted by Crippen LogP contribution is -2.39. The highest BCUT2D eigenvalue weighted by Crippen LogP contribution is 2.32. The Morgan fingerprint density at radius 1 is 0.969 bits per heavy atom. The topological polar surface area (TPSA) is 78.5 Å². The van der Waals surface area contributed by atoms with Crippen LogP contribution >= 0.6 is 11.8 Å². The quantitative estimate of drug-likeness (QED) is 0.264. The second-order valence-corrected chi connectivity index (χ2v) is 10.8. The molecule has 2 aliphatic rings. The van der Waals surface area contributed by atoms with E-state index in [2.05, 4.69) is 17.6 Å². The number of carbonyl (C=O) groups is 3. The van der Waals surface area contributed by atoms with Crippen molar-refractivity contribution in [1.29, 1.82) is 0 Å². The molecule has 2 rings (SSSR count). The zero-order valence-electron chi connectivity index (χ0n) is 20.3. The maximum Gasteiger partial charge on any atom is 0.242 e. The highest BCUT2D eigenvalue weighted by Gasteiger charge is 2.40. The van der Waals surface area contributed by atoms with Crippen molar-refractivity contribution in [3.8, 4) is 0 Å². The van der Waals surface area contributed by atoms with E-state index in [4.69, 9.17) is 0 Å². The molecule has 0 aromatic heterocycles. The Kier molecular flexibility index (Phi) is 13.3. The third kappa shape index (κ3) is 9.42. The number of unbranched alkanes of at least 4 members (excludes halogenated alkanes) is 6. The Bertz CT molecular complexity index is 579. The van der Waals surface area contributed by atoms with Crippen molar-refractivity contribution in [2.24, 2.45) is 11.8 Å². The van der Waals surface area contributed by atoms with E-state index in [9.17, 15) is 14.4 Å². The Morgan fingerprint density at radius 3 is 2.38 bits per heavy atom. The van der Waals surface area contributed by atoms with Gasteiger partial charge in [-0.25, -0.2) is 0 Å². The molecule has 2 N–H and O–H groups in total. The average Bonchev–Trinajstić information content (AvgIpc) is 3.06. The number of hydrogen-bond donors (Lipinski definition) is 2. The number of hydrogen-bond acceptors (Lipinski definition) is 5. The van der Waals surface area contributed by atoms with Crippen LogP contribution in [0, 0.1) is 11.8 Å². The van der Waals surface area contributed by atoms with Gasteiger partial charge >= 0.3 is 0 Å². The van der Waals surface area contributed by atoms with Crippen LogP contribution in [-0.4, -0.2) is 60.3 Å². The summed E-state index contributed by atoms with van der Waals surface area (Å²) in [4.78, 5) is 39.1. The summed E-state index contributed by atoms with van der Waals surface area (Å²) in [6, 6.07) is 0. The predicted octanol–water partition coefficient (Wildman–Crippen LogP) is 4.13. The first-order valence-electron chi connectivity index (χ1n) is 12.9. The van der Waals surface area contributed by atoms with E-state index in [0.29, 0.717) is 18.9 Å². The molecule has 0 aromatic rings. The van der Waals surface area contributed by atoms with Gasteiger partial charge in [0.15, 0.2) is 0 Å². The van der Waals surface area contributed by atoms with Gasteiger partial charge in [0.2, 0.25) is 17.7 Å². The fourth-order valence-corrected chi connectivity index (χ4v) is 5.92. The Labute approximate surface area is 199 Å². The number of amides is 3. The summed E-state index contributed by atoms with van der Waals surface area (Å²) >= 11 is 1.65. The summed E-state index contributed by atoms with van der Waals surface area (Å²) in [5.41, 5.74) is 0. The fraction of sp³-hybridized carbons (Fsp3) is 0.880. The molecule has 1 atom stereocenters. The number of thioether (sulfide) groups is 1. The monoisotopic (exact) mass is 467 g/mol. The lowest BCUT2D eigenvalue weighted by atomic mass is 9.81. The van der Waals surface area contributed by atoms with Gasteiger partial charge in [0.1, 0.15) is 0 Å². The van der Waals surface area contributed by atoms with Crippen molar-refractivity contribution in [2.45, 2.75) is 95.6 Å². The lowest BCUT2D eigenvalue weighted by molar-refractivity contribution is -0.139. The minimum Gasteiger partial charge on any atom is -0.356 e. The highest BCUT2D eigenvalue weighted by atomic mass is 32.2. The summed E-state index contributed by atoms with van der Waals surface area (Å²) in [6.45, 7) is 4.57. The van der Waals surface area contributed by atoms with Crippen LogP contribution in [0.5, 0.6) is 0 Å². The molecule has 1 aliphatic carbocycles. The van der Waals surface area contributed by atoms with Crippen molar-refractivity contribution < 1.29 is 14.4 Å². The minimum atomic E-state index is -0.189. The van der Waals surface area contributed by atoms with E-state index in [-0.39, 0.29) is 28.9 Å². The summed E-state index contributed by atoms with van der Waals surface area (Å²) in [5.74, 6) is 1.58. The molecule has 7 heteroatoms. The number of carbonyl (C=O) groups excluding carboxylic acids is 3. The van der Waals surface area contributed by atoms with Crippen LogP contribution < -0.4 is 10.6 Å². The van der Waals surface area contributed by atoms with Crippen molar-refractivity contribution in [3.63, 3.8) is 0 Å². The summed E-state index contributed by atoms with van der Waals surface area (Å²) in [5, 5.41) is 6.07. The molecule has 184 valence electrons. The third-order valence-corrected chi connectivity index (χ3v) is 8.13. The fourth-order valence-electron chi connectivity index (χ4n) is 4.73. The molecule has 2 fully saturated rings. The molecule has 3 amide bonds. The SMILES string of the molecule is CCCCCCCNC(=O)C1CCC(CN2C(=O)CC(SCCCCCNC)C2=O)CC1. The molecule has 1 aliphatic heterocycles. The van der Waals surface area contributed by atoms with Gasteiger partial charge in [-0.1, -0.05) is 39.0 Å². The first-order valence-corrected chi connectivity index (χ1v) is 14.0. The molecule has 6 nitrogen and oxygen atoms in total. The second-order valence-electron chi connectivity index (χ2n) is 9.49. The average molecular weight is 468 g/mol. The molecular formula is C25H45N3O3S. The Morgan fingerprint density at radius 2 is 1.66 bits per heavy atom. The summed E-state index contributed by atoms with van der Waals surface area (Å²) in [7, 11) is 1.96. The zero-order chi connectivity index (χ0) is 23.2.